The van der Waals surface area contributed by atoms with Crippen LogP contribution in [0.2, 0.25) is 0 Å². The molecular weight excluding hydrogens is 539 g/mol. The van der Waals surface area contributed by atoms with Gasteiger partial charge in [0.05, 0.1) is 24.2 Å². The van der Waals surface area contributed by atoms with E-state index >= 15 is 0 Å². The number of hydrogen-bond donors (Lipinski definition) is 0. The van der Waals surface area contributed by atoms with Crippen molar-refractivity contribution in [2.24, 2.45) is 0 Å². The van der Waals surface area contributed by atoms with Crippen molar-refractivity contribution in [3.05, 3.63) is 82.6 Å². The Morgan fingerprint density at radius 1 is 0.654 bits per heavy atom. The number of anilines is 2. The first-order valence-corrected chi connectivity index (χ1v) is 8.99. The molecule has 0 bridgehead atoms. The van der Waals surface area contributed by atoms with E-state index in [1.165, 1.54) is 10.0 Å². The number of fused-ring (bicyclic) bond motifs is 2. The Kier molecular flexibility index (Phi) is 5.88. The summed E-state index contributed by atoms with van der Waals surface area (Å²) < 4.78 is 0. The standard InChI is InChI=1S/C16H12N2O2.C4H4S.Pb.2H/c19-15-9-11-5-1-3-7-13(11)17(15)18-14-8-4-2-6-12(14)10-16(18)20;1-2-4-5-3-1;;;/h1-8H,9-10H2;1-4H;;;. The molecule has 4 nitrogen and oxygen atoms in total. The fourth-order valence-electron chi connectivity index (χ4n) is 3.14. The van der Waals surface area contributed by atoms with Gasteiger partial charge in [0.2, 0.25) is 0 Å². The Hall–Kier alpha value is -2.00. The van der Waals surface area contributed by atoms with Crippen LogP contribution < -0.4 is 10.0 Å². The zero-order chi connectivity index (χ0) is 17.2. The third kappa shape index (κ3) is 3.45. The normalized spacial score (nSPS) is 14.3. The van der Waals surface area contributed by atoms with E-state index in [-0.39, 0.29) is 39.1 Å². The van der Waals surface area contributed by atoms with E-state index in [1.807, 2.05) is 71.4 Å². The number of nitrogens with zero attached hydrogens (tertiary/aromatic N) is 2. The van der Waals surface area contributed by atoms with E-state index in [1.54, 1.807) is 11.3 Å². The van der Waals surface area contributed by atoms with Crippen LogP contribution in [0.25, 0.3) is 0 Å². The van der Waals surface area contributed by atoms with Gasteiger partial charge in [0.25, 0.3) is 11.8 Å². The summed E-state index contributed by atoms with van der Waals surface area (Å²) in [6.07, 6.45) is 0.699. The maximum atomic E-state index is 12.3. The van der Waals surface area contributed by atoms with Gasteiger partial charge in [-0.05, 0) is 34.0 Å². The second-order valence-corrected chi connectivity index (χ2v) is 6.63. The quantitative estimate of drug-likeness (QED) is 0.432. The number of hydrazine groups is 1. The molecule has 0 spiro atoms. The van der Waals surface area contributed by atoms with Gasteiger partial charge in [-0.25, -0.2) is 10.0 Å². The molecule has 0 saturated heterocycles. The molecule has 0 aliphatic carbocycles. The number of amides is 2. The van der Waals surface area contributed by atoms with Gasteiger partial charge < -0.3 is 0 Å². The predicted octanol–water partition coefficient (Wildman–Crippen LogP) is 2.91. The van der Waals surface area contributed by atoms with Gasteiger partial charge in [0.15, 0.2) is 0 Å². The molecule has 0 unspecified atom stereocenters. The van der Waals surface area contributed by atoms with Crippen molar-refractivity contribution < 1.29 is 9.59 Å². The summed E-state index contributed by atoms with van der Waals surface area (Å²) in [5, 5.41) is 7.12. The third-order valence-corrected chi connectivity index (χ3v) is 4.85. The van der Waals surface area contributed by atoms with Gasteiger partial charge in [-0.2, -0.15) is 11.3 Å². The number of thiophene rings is 1. The Labute approximate surface area is 176 Å². The van der Waals surface area contributed by atoms with Crippen LogP contribution in [0.15, 0.2) is 71.4 Å². The van der Waals surface area contributed by atoms with Gasteiger partial charge in [0, 0.05) is 0 Å². The van der Waals surface area contributed by atoms with Gasteiger partial charge in [-0.3, -0.25) is 9.59 Å². The number of carbonyl (C=O) groups excluding carboxylic acids is 2. The van der Waals surface area contributed by atoms with Crippen molar-refractivity contribution in [2.45, 2.75) is 12.8 Å². The van der Waals surface area contributed by atoms with Crippen molar-refractivity contribution in [3.63, 3.8) is 0 Å². The van der Waals surface area contributed by atoms with E-state index < -0.39 is 0 Å². The second-order valence-electron chi connectivity index (χ2n) is 5.82. The summed E-state index contributed by atoms with van der Waals surface area (Å²) in [6.45, 7) is 0. The molecule has 0 atom stereocenters. The summed E-state index contributed by atoms with van der Waals surface area (Å²) in [4.78, 5) is 24.6. The van der Waals surface area contributed by atoms with Crippen LogP contribution in [0.1, 0.15) is 11.1 Å². The molecule has 3 aromatic rings. The number of carbonyl (C=O) groups is 2. The van der Waals surface area contributed by atoms with Crippen molar-refractivity contribution in [3.8, 4) is 0 Å². The van der Waals surface area contributed by atoms with Crippen LogP contribution in [-0.4, -0.2) is 39.1 Å². The van der Waals surface area contributed by atoms with Crippen LogP contribution >= 0.6 is 11.3 Å². The fraction of sp³-hybridized carbons (Fsp3) is 0.100. The smallest absolute Gasteiger partial charge is 0.00934 e. The number of rotatable bonds is 1. The molecule has 2 aliphatic heterocycles. The largest absolute Gasteiger partial charge is 0.152 e. The van der Waals surface area contributed by atoms with Crippen LogP contribution in [0.5, 0.6) is 0 Å². The first-order valence-electron chi connectivity index (χ1n) is 8.04. The summed E-state index contributed by atoms with van der Waals surface area (Å²) in [7, 11) is 0. The molecule has 2 aliphatic rings. The van der Waals surface area contributed by atoms with E-state index in [4.69, 9.17) is 0 Å². The predicted molar refractivity (Wildman–Crippen MR) is 108 cm³/mol. The SMILES string of the molecule is O=C1Cc2ccccc2N1N1C(=O)Cc2ccccc21.[PbH2].c1ccsc1. The molecule has 0 saturated carbocycles. The molecule has 2 radical (unpaired) electrons. The van der Waals surface area contributed by atoms with Crippen molar-refractivity contribution in [1.82, 2.24) is 0 Å². The Balaban J connectivity index is 0.000000285. The summed E-state index contributed by atoms with van der Waals surface area (Å²) in [5.41, 5.74) is 3.55. The zero-order valence-corrected chi connectivity index (χ0v) is 20.5. The second kappa shape index (κ2) is 8.13. The average molecular weight is 558 g/mol. The molecule has 0 N–H and O–H groups in total. The number of para-hydroxylation sites is 2. The first kappa shape index (κ1) is 18.8. The molecule has 5 rings (SSSR count). The zero-order valence-electron chi connectivity index (χ0n) is 14.2. The average Bonchev–Trinajstić information content (AvgIpc) is 3.34. The molecule has 2 amide bonds. The molecule has 0 fully saturated rings. The van der Waals surface area contributed by atoms with Crippen LogP contribution in [0.4, 0.5) is 11.4 Å². The number of benzene rings is 2. The summed E-state index contributed by atoms with van der Waals surface area (Å²) in [6, 6.07) is 19.3. The molecule has 130 valence electrons. The minimum Gasteiger partial charge on any atom is -0.152 e. The van der Waals surface area contributed by atoms with Gasteiger partial charge in [-0.15, -0.1) is 0 Å². The third-order valence-electron chi connectivity index (χ3n) is 4.22. The van der Waals surface area contributed by atoms with Crippen LogP contribution in [0.3, 0.4) is 0 Å². The van der Waals surface area contributed by atoms with Crippen LogP contribution in [-0.2, 0) is 22.4 Å². The summed E-state index contributed by atoms with van der Waals surface area (Å²) >= 11 is 1.71. The minimum absolute atomic E-state index is 0. The Morgan fingerprint density at radius 3 is 1.46 bits per heavy atom. The molecule has 26 heavy (non-hydrogen) atoms. The molecule has 3 heterocycles. The van der Waals surface area contributed by atoms with Crippen LogP contribution in [0, 0.1) is 0 Å². The van der Waals surface area contributed by atoms with E-state index in [9.17, 15) is 9.59 Å². The van der Waals surface area contributed by atoms with Gasteiger partial charge >= 0.3 is 27.3 Å². The van der Waals surface area contributed by atoms with E-state index in [2.05, 4.69) is 0 Å². The Bertz CT molecular complexity index is 846. The van der Waals surface area contributed by atoms with Crippen molar-refractivity contribution in [2.75, 3.05) is 10.0 Å². The van der Waals surface area contributed by atoms with Crippen molar-refractivity contribution >= 4 is 61.8 Å². The van der Waals surface area contributed by atoms with E-state index in [0.29, 0.717) is 12.8 Å². The topological polar surface area (TPSA) is 40.6 Å². The molecule has 2 aromatic carbocycles. The monoisotopic (exact) mass is 558 g/mol. The maximum absolute atomic E-state index is 12.3. The van der Waals surface area contributed by atoms with Gasteiger partial charge in [0.1, 0.15) is 0 Å². The number of hydrogen-bond acceptors (Lipinski definition) is 3. The molecule has 6 heteroatoms. The minimum atomic E-state index is -0.0590. The fourth-order valence-corrected chi connectivity index (χ4v) is 3.60. The Morgan fingerprint density at radius 2 is 1.08 bits per heavy atom. The molecule has 1 aromatic heterocycles. The first-order chi connectivity index (χ1) is 12.3. The van der Waals surface area contributed by atoms with Gasteiger partial charge in [-0.1, -0.05) is 48.5 Å². The van der Waals surface area contributed by atoms with E-state index in [0.717, 1.165) is 22.5 Å². The summed E-state index contributed by atoms with van der Waals surface area (Å²) in [5.74, 6) is -0.118. The molecular formula is C20H18N2O2PbS. The maximum Gasteiger partial charge on any atom is -0.00934 e. The van der Waals surface area contributed by atoms with Crippen molar-refractivity contribution in [1.29, 1.82) is 0 Å².